The van der Waals surface area contributed by atoms with Crippen LogP contribution in [0.2, 0.25) is 10.0 Å². The number of amides is 1. The Kier molecular flexibility index (Phi) is 6.83. The minimum Gasteiger partial charge on any atom is -0.353 e. The highest BCUT2D eigenvalue weighted by Gasteiger charge is 2.27. The predicted octanol–water partition coefficient (Wildman–Crippen LogP) is 5.68. The Morgan fingerprint density at radius 1 is 1.11 bits per heavy atom. The molecule has 0 spiro atoms. The fourth-order valence-electron chi connectivity index (χ4n) is 4.20. The van der Waals surface area contributed by atoms with Crippen LogP contribution < -0.4 is 10.9 Å². The number of anilines is 1. The van der Waals surface area contributed by atoms with E-state index in [4.69, 9.17) is 28.2 Å². The molecule has 4 aromatic rings. The average Bonchev–Trinajstić information content (AvgIpc) is 3.40. The van der Waals surface area contributed by atoms with Gasteiger partial charge >= 0.3 is 0 Å². The van der Waals surface area contributed by atoms with Gasteiger partial charge in [-0.25, -0.2) is 14.5 Å². The smallest absolute Gasteiger partial charge is 0.263 e. The lowest BCUT2D eigenvalue weighted by molar-refractivity contribution is 0.0731. The molecule has 0 unspecified atom stereocenters. The molecule has 1 aliphatic rings. The highest BCUT2D eigenvalue weighted by Crippen LogP contribution is 2.26. The van der Waals surface area contributed by atoms with Gasteiger partial charge in [0.25, 0.3) is 11.5 Å². The Morgan fingerprint density at radius 2 is 1.89 bits per heavy atom. The summed E-state index contributed by atoms with van der Waals surface area (Å²) in [4.78, 5) is 37.7. The Labute approximate surface area is 222 Å². The number of thiazole rings is 1. The molecule has 3 heterocycles. The molecule has 0 bridgehead atoms. The number of halogens is 2. The second-order valence-corrected chi connectivity index (χ2v) is 10.4. The molecule has 184 valence electrons. The number of hydrogen-bond acceptors (Lipinski definition) is 6. The SMILES string of the molecule is CC(C)Nc1nc2c(c(=O)n1-c1ccc(-c3cscn3)cc1)CCN(C(=O)c1ccc(Cl)c(Cl)c1)C2. The maximum absolute atomic E-state index is 13.7. The van der Waals surface area contributed by atoms with Crippen LogP contribution in [0.1, 0.15) is 35.5 Å². The van der Waals surface area contributed by atoms with Crippen LogP contribution in [-0.2, 0) is 13.0 Å². The number of benzene rings is 2. The molecule has 0 saturated carbocycles. The zero-order chi connectivity index (χ0) is 25.4. The molecule has 0 aliphatic carbocycles. The monoisotopic (exact) mass is 539 g/mol. The zero-order valence-corrected chi connectivity index (χ0v) is 22.0. The molecular formula is C26H23Cl2N5O2S. The van der Waals surface area contributed by atoms with E-state index in [1.807, 2.05) is 43.5 Å². The first-order chi connectivity index (χ1) is 17.3. The van der Waals surface area contributed by atoms with Gasteiger partial charge in [-0.1, -0.05) is 35.3 Å². The zero-order valence-electron chi connectivity index (χ0n) is 19.7. The van der Waals surface area contributed by atoms with Gasteiger partial charge in [-0.3, -0.25) is 9.59 Å². The highest BCUT2D eigenvalue weighted by molar-refractivity contribution is 7.07. The van der Waals surface area contributed by atoms with Gasteiger partial charge in [-0.15, -0.1) is 11.3 Å². The highest BCUT2D eigenvalue weighted by atomic mass is 35.5. The Bertz CT molecular complexity index is 1480. The lowest BCUT2D eigenvalue weighted by Crippen LogP contribution is -2.41. The molecule has 2 aromatic heterocycles. The summed E-state index contributed by atoms with van der Waals surface area (Å²) in [6.45, 7) is 4.62. The molecule has 1 aliphatic heterocycles. The van der Waals surface area contributed by atoms with E-state index in [-0.39, 0.29) is 24.1 Å². The van der Waals surface area contributed by atoms with Crippen molar-refractivity contribution < 1.29 is 4.79 Å². The van der Waals surface area contributed by atoms with Crippen LogP contribution in [-0.4, -0.2) is 37.9 Å². The number of rotatable bonds is 5. The summed E-state index contributed by atoms with van der Waals surface area (Å²) in [5, 5.41) is 6.00. The minimum atomic E-state index is -0.179. The van der Waals surface area contributed by atoms with Gasteiger partial charge in [0.15, 0.2) is 0 Å². The topological polar surface area (TPSA) is 80.1 Å². The summed E-state index contributed by atoms with van der Waals surface area (Å²) < 4.78 is 1.61. The Morgan fingerprint density at radius 3 is 2.56 bits per heavy atom. The van der Waals surface area contributed by atoms with Gasteiger partial charge in [0.1, 0.15) is 0 Å². The second kappa shape index (κ2) is 10.0. The molecule has 1 N–H and O–H groups in total. The van der Waals surface area contributed by atoms with E-state index in [1.165, 1.54) is 11.3 Å². The molecule has 0 atom stereocenters. The first kappa shape index (κ1) is 24.5. The standard InChI is InChI=1S/C26H23Cl2N5O2S/c1-15(2)30-26-31-22-12-32(24(34)17-5-8-20(27)21(28)11-17)10-9-19(22)25(35)33(26)18-6-3-16(4-7-18)23-13-36-14-29-23/h3-8,11,13-15H,9-10,12H2,1-2H3,(H,30,31). The van der Waals surface area contributed by atoms with E-state index in [0.29, 0.717) is 51.5 Å². The molecule has 0 saturated heterocycles. The van der Waals surface area contributed by atoms with Crippen LogP contribution in [0.15, 0.2) is 58.1 Å². The number of carbonyl (C=O) groups excluding carboxylic acids is 1. The molecule has 36 heavy (non-hydrogen) atoms. The number of nitrogens with one attached hydrogen (secondary N) is 1. The summed E-state index contributed by atoms with van der Waals surface area (Å²) in [5.41, 5.74) is 5.91. The molecule has 1 amide bonds. The summed E-state index contributed by atoms with van der Waals surface area (Å²) in [6.07, 6.45) is 0.410. The van der Waals surface area contributed by atoms with E-state index in [9.17, 15) is 9.59 Å². The van der Waals surface area contributed by atoms with Crippen molar-refractivity contribution in [3.63, 3.8) is 0 Å². The first-order valence-corrected chi connectivity index (χ1v) is 13.2. The van der Waals surface area contributed by atoms with E-state index < -0.39 is 0 Å². The molecule has 10 heteroatoms. The number of carbonyl (C=O) groups is 1. The van der Waals surface area contributed by atoms with Gasteiger partial charge in [0, 0.05) is 34.7 Å². The minimum absolute atomic E-state index is 0.0491. The van der Waals surface area contributed by atoms with Crippen molar-refractivity contribution in [2.75, 3.05) is 11.9 Å². The van der Waals surface area contributed by atoms with E-state index in [1.54, 1.807) is 33.2 Å². The third-order valence-electron chi connectivity index (χ3n) is 5.96. The number of nitrogens with zero attached hydrogens (tertiary/aromatic N) is 4. The van der Waals surface area contributed by atoms with Crippen LogP contribution in [0.5, 0.6) is 0 Å². The molecule has 0 radical (unpaired) electrons. The van der Waals surface area contributed by atoms with Crippen molar-refractivity contribution in [1.29, 1.82) is 0 Å². The lowest BCUT2D eigenvalue weighted by atomic mass is 10.0. The largest absolute Gasteiger partial charge is 0.353 e. The van der Waals surface area contributed by atoms with Crippen molar-refractivity contribution in [1.82, 2.24) is 19.4 Å². The van der Waals surface area contributed by atoms with Gasteiger partial charge < -0.3 is 10.2 Å². The van der Waals surface area contributed by atoms with Crippen LogP contribution in [0.25, 0.3) is 16.9 Å². The normalized spacial score (nSPS) is 13.1. The van der Waals surface area contributed by atoms with Gasteiger partial charge in [0.2, 0.25) is 5.95 Å². The van der Waals surface area contributed by atoms with Gasteiger partial charge in [0.05, 0.1) is 39.2 Å². The summed E-state index contributed by atoms with van der Waals surface area (Å²) >= 11 is 13.6. The lowest BCUT2D eigenvalue weighted by Gasteiger charge is -2.29. The molecule has 0 fully saturated rings. The van der Waals surface area contributed by atoms with Gasteiger partial charge in [-0.05, 0) is 50.6 Å². The van der Waals surface area contributed by atoms with Crippen molar-refractivity contribution in [3.8, 4) is 16.9 Å². The first-order valence-electron chi connectivity index (χ1n) is 11.5. The Balaban J connectivity index is 1.50. The molecule has 2 aromatic carbocycles. The molecule has 7 nitrogen and oxygen atoms in total. The summed E-state index contributed by atoms with van der Waals surface area (Å²) in [5.74, 6) is 0.264. The fourth-order valence-corrected chi connectivity index (χ4v) is 5.06. The maximum Gasteiger partial charge on any atom is 0.263 e. The Hall–Kier alpha value is -3.20. The van der Waals surface area contributed by atoms with E-state index in [2.05, 4.69) is 10.3 Å². The summed E-state index contributed by atoms with van der Waals surface area (Å²) in [7, 11) is 0. The summed E-state index contributed by atoms with van der Waals surface area (Å²) in [6, 6.07) is 12.6. The fraction of sp³-hybridized carbons (Fsp3) is 0.231. The molecular weight excluding hydrogens is 517 g/mol. The van der Waals surface area contributed by atoms with Crippen LogP contribution in [0.3, 0.4) is 0 Å². The predicted molar refractivity (Wildman–Crippen MR) is 145 cm³/mol. The van der Waals surface area contributed by atoms with Crippen molar-refractivity contribution >= 4 is 46.4 Å². The number of hydrogen-bond donors (Lipinski definition) is 1. The second-order valence-electron chi connectivity index (χ2n) is 8.83. The third-order valence-corrected chi connectivity index (χ3v) is 7.29. The van der Waals surface area contributed by atoms with Crippen LogP contribution >= 0.6 is 34.5 Å². The van der Waals surface area contributed by atoms with Crippen molar-refractivity contribution in [3.05, 3.63) is 90.6 Å². The van der Waals surface area contributed by atoms with E-state index in [0.717, 1.165) is 11.3 Å². The quantitative estimate of drug-likeness (QED) is 0.352. The van der Waals surface area contributed by atoms with Crippen molar-refractivity contribution in [2.24, 2.45) is 0 Å². The van der Waals surface area contributed by atoms with Crippen LogP contribution in [0.4, 0.5) is 5.95 Å². The average molecular weight is 540 g/mol. The maximum atomic E-state index is 13.7. The third kappa shape index (κ3) is 4.76. The van der Waals surface area contributed by atoms with Crippen LogP contribution in [0, 0.1) is 0 Å². The number of fused-ring (bicyclic) bond motifs is 1. The van der Waals surface area contributed by atoms with Crippen molar-refractivity contribution in [2.45, 2.75) is 32.9 Å². The van der Waals surface area contributed by atoms with E-state index >= 15 is 0 Å². The van der Waals surface area contributed by atoms with Gasteiger partial charge in [-0.2, -0.15) is 0 Å². The number of aromatic nitrogens is 3. The molecule has 5 rings (SSSR count).